The molecule has 0 aliphatic carbocycles. The second kappa shape index (κ2) is 5.98. The maximum atomic E-state index is 11.3. The van der Waals surface area contributed by atoms with Crippen molar-refractivity contribution in [3.05, 3.63) is 0 Å². The fraction of sp³-hybridized carbons (Fsp3) is 0.900. The van der Waals surface area contributed by atoms with Gasteiger partial charge >= 0.3 is 5.97 Å². The molecule has 1 rings (SSSR count). The van der Waals surface area contributed by atoms with Crippen LogP contribution in [0.15, 0.2) is 0 Å². The lowest BCUT2D eigenvalue weighted by molar-refractivity contribution is -0.151. The van der Waals surface area contributed by atoms with Crippen LogP contribution in [0, 0.1) is 0 Å². The summed E-state index contributed by atoms with van der Waals surface area (Å²) in [7, 11) is 2.09. The lowest BCUT2D eigenvalue weighted by Crippen LogP contribution is -2.35. The van der Waals surface area contributed by atoms with E-state index in [1.165, 1.54) is 0 Å². The van der Waals surface area contributed by atoms with Gasteiger partial charge in [0.05, 0.1) is 0 Å². The van der Waals surface area contributed by atoms with Crippen LogP contribution >= 0.6 is 0 Å². The number of esters is 1. The summed E-state index contributed by atoms with van der Waals surface area (Å²) in [5.41, 5.74) is 5.31. The number of piperidine rings is 1. The van der Waals surface area contributed by atoms with E-state index in [2.05, 4.69) is 11.9 Å². The monoisotopic (exact) mass is 200 g/mol. The molecular formula is C10H20N2O2. The predicted molar refractivity (Wildman–Crippen MR) is 54.9 cm³/mol. The van der Waals surface area contributed by atoms with Gasteiger partial charge < -0.3 is 15.4 Å². The molecule has 0 aromatic carbocycles. The van der Waals surface area contributed by atoms with E-state index in [0.29, 0.717) is 13.0 Å². The molecule has 2 N–H and O–H groups in total. The average Bonchev–Trinajstić information content (AvgIpc) is 2.18. The van der Waals surface area contributed by atoms with E-state index in [1.807, 2.05) is 0 Å². The molecule has 1 saturated heterocycles. The van der Waals surface area contributed by atoms with E-state index in [4.69, 9.17) is 10.5 Å². The summed E-state index contributed by atoms with van der Waals surface area (Å²) in [6.07, 6.45) is 3.25. The second-order valence-corrected chi connectivity index (χ2v) is 3.88. The van der Waals surface area contributed by atoms with Crippen molar-refractivity contribution in [2.24, 2.45) is 5.73 Å². The molecular weight excluding hydrogens is 180 g/mol. The highest BCUT2D eigenvalue weighted by molar-refractivity contribution is 5.69. The van der Waals surface area contributed by atoms with Gasteiger partial charge in [-0.25, -0.2) is 0 Å². The Labute approximate surface area is 85.4 Å². The first-order valence-corrected chi connectivity index (χ1v) is 5.30. The van der Waals surface area contributed by atoms with Crippen LogP contribution in [0.2, 0.25) is 0 Å². The van der Waals surface area contributed by atoms with Crippen LogP contribution in [0.4, 0.5) is 0 Å². The van der Waals surface area contributed by atoms with Crippen LogP contribution in [0.3, 0.4) is 0 Å². The zero-order valence-electron chi connectivity index (χ0n) is 8.87. The van der Waals surface area contributed by atoms with Gasteiger partial charge in [-0.1, -0.05) is 0 Å². The molecule has 0 saturated carbocycles. The summed E-state index contributed by atoms with van der Waals surface area (Å²) >= 11 is 0. The topological polar surface area (TPSA) is 55.6 Å². The van der Waals surface area contributed by atoms with E-state index < -0.39 is 0 Å². The van der Waals surface area contributed by atoms with E-state index in [1.54, 1.807) is 0 Å². The molecule has 0 atom stereocenters. The van der Waals surface area contributed by atoms with Crippen molar-refractivity contribution in [1.82, 2.24) is 4.90 Å². The Morgan fingerprint density at radius 1 is 1.50 bits per heavy atom. The van der Waals surface area contributed by atoms with Crippen LogP contribution in [0.1, 0.15) is 25.7 Å². The number of ether oxygens (including phenoxy) is 1. The van der Waals surface area contributed by atoms with Crippen LogP contribution in [0.5, 0.6) is 0 Å². The third-order valence-corrected chi connectivity index (χ3v) is 2.55. The van der Waals surface area contributed by atoms with Gasteiger partial charge in [0.25, 0.3) is 0 Å². The smallest absolute Gasteiger partial charge is 0.306 e. The number of rotatable bonds is 4. The molecule has 0 spiro atoms. The molecule has 82 valence electrons. The maximum Gasteiger partial charge on any atom is 0.306 e. The van der Waals surface area contributed by atoms with Crippen molar-refractivity contribution in [3.63, 3.8) is 0 Å². The van der Waals surface area contributed by atoms with E-state index in [9.17, 15) is 4.79 Å². The molecule has 1 aliphatic heterocycles. The van der Waals surface area contributed by atoms with Gasteiger partial charge in [-0.3, -0.25) is 4.79 Å². The van der Waals surface area contributed by atoms with Crippen molar-refractivity contribution < 1.29 is 9.53 Å². The number of carbonyl (C=O) groups is 1. The first-order chi connectivity index (χ1) is 6.72. The van der Waals surface area contributed by atoms with Crippen LogP contribution in [-0.4, -0.2) is 43.7 Å². The van der Waals surface area contributed by atoms with Crippen molar-refractivity contribution in [3.8, 4) is 0 Å². The zero-order valence-corrected chi connectivity index (χ0v) is 8.87. The van der Waals surface area contributed by atoms with E-state index >= 15 is 0 Å². The lowest BCUT2D eigenvalue weighted by Gasteiger charge is -2.28. The third kappa shape index (κ3) is 4.07. The maximum absolute atomic E-state index is 11.3. The van der Waals surface area contributed by atoms with Crippen molar-refractivity contribution in [1.29, 1.82) is 0 Å². The molecule has 0 aromatic heterocycles. The molecule has 0 unspecified atom stereocenters. The van der Waals surface area contributed by atoms with Gasteiger partial charge in [0.15, 0.2) is 0 Å². The summed E-state index contributed by atoms with van der Waals surface area (Å²) in [6, 6.07) is 0. The van der Waals surface area contributed by atoms with Gasteiger partial charge in [0, 0.05) is 19.5 Å². The number of hydrogen-bond acceptors (Lipinski definition) is 4. The van der Waals surface area contributed by atoms with Crippen LogP contribution in [-0.2, 0) is 9.53 Å². The minimum absolute atomic E-state index is 0.0926. The second-order valence-electron chi connectivity index (χ2n) is 3.88. The summed E-state index contributed by atoms with van der Waals surface area (Å²) in [4.78, 5) is 13.5. The average molecular weight is 200 g/mol. The Hall–Kier alpha value is -0.610. The number of hydrogen-bond donors (Lipinski definition) is 1. The summed E-state index contributed by atoms with van der Waals surface area (Å²) in [5, 5.41) is 0. The Bertz CT molecular complexity index is 177. The minimum Gasteiger partial charge on any atom is -0.462 e. The highest BCUT2D eigenvalue weighted by Crippen LogP contribution is 2.12. The Morgan fingerprint density at radius 2 is 2.14 bits per heavy atom. The fourth-order valence-electron chi connectivity index (χ4n) is 1.59. The van der Waals surface area contributed by atoms with Crippen LogP contribution < -0.4 is 5.73 Å². The molecule has 0 radical (unpaired) electrons. The normalized spacial score (nSPS) is 19.6. The van der Waals surface area contributed by atoms with Gasteiger partial charge in [-0.15, -0.1) is 0 Å². The zero-order chi connectivity index (χ0) is 10.4. The summed E-state index contributed by atoms with van der Waals surface area (Å²) < 4.78 is 5.32. The number of likely N-dealkylation sites (tertiary alicyclic amines) is 1. The largest absolute Gasteiger partial charge is 0.462 e. The standard InChI is InChI=1S/C10H20N2O2/c1-12-7-4-9(5-8-12)14-10(13)3-2-6-11/h9H,2-8,11H2,1H3. The first-order valence-electron chi connectivity index (χ1n) is 5.30. The number of nitrogens with zero attached hydrogens (tertiary/aromatic N) is 1. The van der Waals surface area contributed by atoms with E-state index in [-0.39, 0.29) is 12.1 Å². The molecule has 1 aliphatic rings. The molecule has 0 amide bonds. The van der Waals surface area contributed by atoms with Crippen molar-refractivity contribution in [2.45, 2.75) is 31.8 Å². The Balaban J connectivity index is 2.14. The molecule has 1 fully saturated rings. The molecule has 4 nitrogen and oxygen atoms in total. The Morgan fingerprint density at radius 3 is 2.71 bits per heavy atom. The molecule has 0 aromatic rings. The minimum atomic E-state index is -0.0926. The number of carbonyl (C=O) groups excluding carboxylic acids is 1. The highest BCUT2D eigenvalue weighted by Gasteiger charge is 2.19. The lowest BCUT2D eigenvalue weighted by atomic mass is 10.1. The number of nitrogens with two attached hydrogens (primary N) is 1. The Kier molecular flexibility index (Phi) is 4.90. The molecule has 4 heteroatoms. The predicted octanol–water partition coefficient (Wildman–Crippen LogP) is 0.363. The third-order valence-electron chi connectivity index (χ3n) is 2.55. The summed E-state index contributed by atoms with van der Waals surface area (Å²) in [5.74, 6) is -0.0926. The molecule has 1 heterocycles. The van der Waals surface area contributed by atoms with E-state index in [0.717, 1.165) is 32.4 Å². The van der Waals surface area contributed by atoms with Gasteiger partial charge in [-0.05, 0) is 32.9 Å². The highest BCUT2D eigenvalue weighted by atomic mass is 16.5. The first kappa shape index (κ1) is 11.5. The van der Waals surface area contributed by atoms with Crippen LogP contribution in [0.25, 0.3) is 0 Å². The van der Waals surface area contributed by atoms with Gasteiger partial charge in [0.2, 0.25) is 0 Å². The summed E-state index contributed by atoms with van der Waals surface area (Å²) in [6.45, 7) is 2.60. The fourth-order valence-corrected chi connectivity index (χ4v) is 1.59. The van der Waals surface area contributed by atoms with Gasteiger partial charge in [0.1, 0.15) is 6.10 Å². The van der Waals surface area contributed by atoms with Crippen molar-refractivity contribution >= 4 is 5.97 Å². The van der Waals surface area contributed by atoms with Crippen molar-refractivity contribution in [2.75, 3.05) is 26.7 Å². The van der Waals surface area contributed by atoms with Gasteiger partial charge in [-0.2, -0.15) is 0 Å². The molecule has 0 bridgehead atoms. The quantitative estimate of drug-likeness (QED) is 0.666. The SMILES string of the molecule is CN1CCC(OC(=O)CCCN)CC1. The molecule has 14 heavy (non-hydrogen) atoms.